The van der Waals surface area contributed by atoms with Crippen LogP contribution >= 0.6 is 0 Å². The van der Waals surface area contributed by atoms with Crippen molar-refractivity contribution in [3.05, 3.63) is 42.0 Å². The van der Waals surface area contributed by atoms with Gasteiger partial charge in [-0.1, -0.05) is 18.2 Å². The van der Waals surface area contributed by atoms with Gasteiger partial charge in [-0.3, -0.25) is 0 Å². The van der Waals surface area contributed by atoms with E-state index < -0.39 is 0 Å². The van der Waals surface area contributed by atoms with Crippen LogP contribution in [0.15, 0.2) is 36.4 Å². The van der Waals surface area contributed by atoms with E-state index in [1.807, 2.05) is 24.3 Å². The van der Waals surface area contributed by atoms with Gasteiger partial charge in [0.15, 0.2) is 0 Å². The summed E-state index contributed by atoms with van der Waals surface area (Å²) in [7, 11) is 0. The highest BCUT2D eigenvalue weighted by molar-refractivity contribution is 5.28. The predicted octanol–water partition coefficient (Wildman–Crippen LogP) is 3.10. The van der Waals surface area contributed by atoms with E-state index in [1.54, 1.807) is 6.92 Å². The third-order valence-corrected chi connectivity index (χ3v) is 2.95. The number of aliphatic hydroxyl groups is 1. The van der Waals surface area contributed by atoms with Crippen LogP contribution < -0.4 is 4.74 Å². The van der Waals surface area contributed by atoms with Gasteiger partial charge in [0.05, 0.1) is 6.10 Å². The maximum atomic E-state index is 9.30. The van der Waals surface area contributed by atoms with Crippen molar-refractivity contribution in [2.75, 3.05) is 0 Å². The number of rotatable bonds is 4. The molecule has 2 atom stereocenters. The molecule has 0 aliphatic heterocycles. The smallest absolute Gasteiger partial charge is 0.120 e. The van der Waals surface area contributed by atoms with Crippen LogP contribution in [-0.2, 0) is 6.42 Å². The standard InChI is InChI=1S/C15H20O2/c1-12(16)11-13-7-9-15(10-8-13)17-14-5-3-2-4-6-14/h3,5,7-10,12,14,16H,2,4,6,11H2,1H3. The Bertz CT molecular complexity index is 365. The number of ether oxygens (including phenoxy) is 1. The van der Waals surface area contributed by atoms with Crippen LogP contribution in [0.1, 0.15) is 31.7 Å². The molecule has 0 fully saturated rings. The quantitative estimate of drug-likeness (QED) is 0.808. The molecule has 0 bridgehead atoms. The zero-order valence-electron chi connectivity index (χ0n) is 10.3. The van der Waals surface area contributed by atoms with Crippen LogP contribution in [0.4, 0.5) is 0 Å². The minimum absolute atomic E-state index is 0.228. The van der Waals surface area contributed by atoms with Crippen LogP contribution in [0.2, 0.25) is 0 Å². The van der Waals surface area contributed by atoms with Gasteiger partial charge < -0.3 is 9.84 Å². The molecule has 2 heteroatoms. The maximum Gasteiger partial charge on any atom is 0.120 e. The first-order chi connectivity index (χ1) is 8.24. The number of hydrogen-bond donors (Lipinski definition) is 1. The first kappa shape index (κ1) is 12.2. The van der Waals surface area contributed by atoms with E-state index in [1.165, 1.54) is 12.8 Å². The molecule has 0 saturated heterocycles. The molecule has 1 aliphatic rings. The van der Waals surface area contributed by atoms with Crippen molar-refractivity contribution in [1.29, 1.82) is 0 Å². The average Bonchev–Trinajstić information content (AvgIpc) is 2.32. The van der Waals surface area contributed by atoms with E-state index in [-0.39, 0.29) is 12.2 Å². The fourth-order valence-electron chi connectivity index (χ4n) is 2.10. The Morgan fingerprint density at radius 1 is 1.35 bits per heavy atom. The molecule has 92 valence electrons. The van der Waals surface area contributed by atoms with Crippen molar-refractivity contribution < 1.29 is 9.84 Å². The molecule has 2 rings (SSSR count). The Labute approximate surface area is 103 Å². The lowest BCUT2D eigenvalue weighted by Gasteiger charge is -2.18. The summed E-state index contributed by atoms with van der Waals surface area (Å²) in [6.45, 7) is 1.80. The minimum Gasteiger partial charge on any atom is -0.486 e. The molecule has 0 aromatic heterocycles. The van der Waals surface area contributed by atoms with Crippen molar-refractivity contribution in [3.8, 4) is 5.75 Å². The molecule has 0 spiro atoms. The topological polar surface area (TPSA) is 29.5 Å². The van der Waals surface area contributed by atoms with E-state index >= 15 is 0 Å². The van der Waals surface area contributed by atoms with Gasteiger partial charge >= 0.3 is 0 Å². The molecule has 2 unspecified atom stereocenters. The number of benzene rings is 1. The Morgan fingerprint density at radius 2 is 2.12 bits per heavy atom. The fraction of sp³-hybridized carbons (Fsp3) is 0.467. The summed E-state index contributed by atoms with van der Waals surface area (Å²) in [4.78, 5) is 0. The molecule has 2 nitrogen and oxygen atoms in total. The van der Waals surface area contributed by atoms with Gasteiger partial charge in [-0.25, -0.2) is 0 Å². The highest BCUT2D eigenvalue weighted by atomic mass is 16.5. The first-order valence-electron chi connectivity index (χ1n) is 6.34. The number of hydrogen-bond acceptors (Lipinski definition) is 2. The van der Waals surface area contributed by atoms with Crippen molar-refractivity contribution in [2.24, 2.45) is 0 Å². The van der Waals surface area contributed by atoms with E-state index in [2.05, 4.69) is 12.2 Å². The summed E-state index contributed by atoms with van der Waals surface area (Å²) >= 11 is 0. The lowest BCUT2D eigenvalue weighted by atomic mass is 10.1. The van der Waals surface area contributed by atoms with Crippen LogP contribution in [0, 0.1) is 0 Å². The molecule has 1 aromatic rings. The number of allylic oxidation sites excluding steroid dienone is 1. The highest BCUT2D eigenvalue weighted by Gasteiger charge is 2.09. The summed E-state index contributed by atoms with van der Waals surface area (Å²) < 4.78 is 5.87. The average molecular weight is 232 g/mol. The summed E-state index contributed by atoms with van der Waals surface area (Å²) in [6, 6.07) is 8.02. The first-order valence-corrected chi connectivity index (χ1v) is 6.34. The van der Waals surface area contributed by atoms with E-state index in [0.717, 1.165) is 17.7 Å². The SMILES string of the molecule is CC(O)Cc1ccc(OC2C=CCCC2)cc1. The van der Waals surface area contributed by atoms with Gasteiger partial charge in [-0.05, 0) is 56.4 Å². The van der Waals surface area contributed by atoms with Crippen LogP contribution in [0.3, 0.4) is 0 Å². The van der Waals surface area contributed by atoms with Gasteiger partial charge in [0.2, 0.25) is 0 Å². The Morgan fingerprint density at radius 3 is 2.71 bits per heavy atom. The van der Waals surface area contributed by atoms with Crippen molar-refractivity contribution in [1.82, 2.24) is 0 Å². The largest absolute Gasteiger partial charge is 0.486 e. The Kier molecular flexibility index (Phi) is 4.21. The lowest BCUT2D eigenvalue weighted by Crippen LogP contribution is -2.15. The Balaban J connectivity index is 1.93. The molecule has 1 N–H and O–H groups in total. The second-order valence-corrected chi connectivity index (χ2v) is 4.71. The molecule has 1 aliphatic carbocycles. The zero-order valence-corrected chi connectivity index (χ0v) is 10.3. The summed E-state index contributed by atoms with van der Waals surface area (Å²) in [5.41, 5.74) is 1.14. The summed E-state index contributed by atoms with van der Waals surface area (Å²) in [5.74, 6) is 0.913. The third kappa shape index (κ3) is 3.90. The van der Waals surface area contributed by atoms with Crippen LogP contribution in [0.5, 0.6) is 5.75 Å². The lowest BCUT2D eigenvalue weighted by molar-refractivity contribution is 0.195. The number of aliphatic hydroxyl groups excluding tert-OH is 1. The maximum absolute atomic E-state index is 9.30. The van der Waals surface area contributed by atoms with Gasteiger partial charge in [0, 0.05) is 0 Å². The zero-order chi connectivity index (χ0) is 12.1. The molecule has 1 aromatic carbocycles. The predicted molar refractivity (Wildman–Crippen MR) is 69.2 cm³/mol. The molecular weight excluding hydrogens is 212 g/mol. The monoisotopic (exact) mass is 232 g/mol. The minimum atomic E-state index is -0.289. The fourth-order valence-corrected chi connectivity index (χ4v) is 2.10. The van der Waals surface area contributed by atoms with E-state index in [0.29, 0.717) is 6.42 Å². The van der Waals surface area contributed by atoms with Gasteiger partial charge in [-0.15, -0.1) is 0 Å². The molecule has 0 heterocycles. The highest BCUT2D eigenvalue weighted by Crippen LogP contribution is 2.19. The van der Waals surface area contributed by atoms with Gasteiger partial charge in [-0.2, -0.15) is 0 Å². The third-order valence-electron chi connectivity index (χ3n) is 2.95. The van der Waals surface area contributed by atoms with Gasteiger partial charge in [0.1, 0.15) is 11.9 Å². The van der Waals surface area contributed by atoms with Crippen LogP contribution in [0.25, 0.3) is 0 Å². The Hall–Kier alpha value is -1.28. The normalized spacial score (nSPS) is 21.2. The van der Waals surface area contributed by atoms with Crippen LogP contribution in [-0.4, -0.2) is 17.3 Å². The van der Waals surface area contributed by atoms with Crippen molar-refractivity contribution in [2.45, 2.75) is 44.8 Å². The summed E-state index contributed by atoms with van der Waals surface area (Å²) in [5, 5.41) is 9.30. The van der Waals surface area contributed by atoms with Gasteiger partial charge in [0.25, 0.3) is 0 Å². The molecule has 17 heavy (non-hydrogen) atoms. The molecular formula is C15H20O2. The molecule has 0 radical (unpaired) electrons. The van der Waals surface area contributed by atoms with E-state index in [4.69, 9.17) is 4.74 Å². The van der Waals surface area contributed by atoms with E-state index in [9.17, 15) is 5.11 Å². The second kappa shape index (κ2) is 5.87. The van der Waals surface area contributed by atoms with Crippen molar-refractivity contribution in [3.63, 3.8) is 0 Å². The van der Waals surface area contributed by atoms with Crippen molar-refractivity contribution >= 4 is 0 Å². The summed E-state index contributed by atoms with van der Waals surface area (Å²) in [6.07, 6.45) is 8.46. The molecule has 0 saturated carbocycles. The molecule has 0 amide bonds. The second-order valence-electron chi connectivity index (χ2n) is 4.71.